The van der Waals surface area contributed by atoms with Crippen molar-refractivity contribution in [3.63, 3.8) is 0 Å². The van der Waals surface area contributed by atoms with E-state index >= 15 is 0 Å². The van der Waals surface area contributed by atoms with Crippen LogP contribution in [0, 0.1) is 0 Å². The lowest BCUT2D eigenvalue weighted by molar-refractivity contribution is -0.521. The molecule has 7 rings (SSSR count). The van der Waals surface area contributed by atoms with Gasteiger partial charge in [0.15, 0.2) is 12.0 Å². The third-order valence-electron chi connectivity index (χ3n) is 9.41. The highest BCUT2D eigenvalue weighted by atomic mass is 19.3. The van der Waals surface area contributed by atoms with Gasteiger partial charge in [0, 0.05) is 23.2 Å². The summed E-state index contributed by atoms with van der Waals surface area (Å²) < 4.78 is 29.2. The number of nitrogens with one attached hydrogen (secondary N) is 3. The Morgan fingerprint density at radius 1 is 1.13 bits per heavy atom. The van der Waals surface area contributed by atoms with Crippen molar-refractivity contribution in [1.29, 1.82) is 0 Å². The number of hydrogen-bond donors (Lipinski definition) is 7. The number of para-hydroxylation sites is 1. The Bertz CT molecular complexity index is 1670. The van der Waals surface area contributed by atoms with E-state index in [2.05, 4.69) is 20.6 Å². The number of urea groups is 1. The lowest BCUT2D eigenvalue weighted by Crippen LogP contribution is -2.90. The minimum atomic E-state index is -3.08. The minimum absolute atomic E-state index is 0.0127. The van der Waals surface area contributed by atoms with Gasteiger partial charge in [-0.2, -0.15) is 0 Å². The van der Waals surface area contributed by atoms with Crippen molar-refractivity contribution >= 4 is 35.5 Å². The van der Waals surface area contributed by atoms with E-state index in [1.54, 1.807) is 30.3 Å². The fourth-order valence-electron chi connectivity index (χ4n) is 7.31. The van der Waals surface area contributed by atoms with Gasteiger partial charge in [0.05, 0.1) is 13.1 Å². The molecule has 236 valence electrons. The molecule has 5 aliphatic rings. The number of fused-ring (bicyclic) bond motifs is 1. The molecule has 14 nitrogen and oxygen atoms in total. The van der Waals surface area contributed by atoms with Crippen molar-refractivity contribution in [3.8, 4) is 0 Å². The largest absolute Gasteiger partial charge is 0.370 e. The first-order valence-electron chi connectivity index (χ1n) is 14.6. The lowest BCUT2D eigenvalue weighted by atomic mass is 9.84. The number of hydrogen-bond acceptors (Lipinski definition) is 10. The van der Waals surface area contributed by atoms with Crippen LogP contribution >= 0.6 is 0 Å². The average molecular weight is 625 g/mol. The maximum absolute atomic E-state index is 14.6. The second-order valence-electron chi connectivity index (χ2n) is 11.9. The highest BCUT2D eigenvalue weighted by Gasteiger charge is 2.76. The maximum Gasteiger partial charge on any atom is 0.343 e. The summed E-state index contributed by atoms with van der Waals surface area (Å²) in [5, 5.41) is 29.0. The third-order valence-corrected chi connectivity index (χ3v) is 9.41. The molecule has 4 amide bonds. The van der Waals surface area contributed by atoms with Crippen molar-refractivity contribution in [2.45, 2.75) is 54.8 Å². The molecular weight excluding hydrogens is 592 g/mol. The third kappa shape index (κ3) is 4.15. The summed E-state index contributed by atoms with van der Waals surface area (Å²) in [4.78, 5) is 51.0. The van der Waals surface area contributed by atoms with E-state index in [0.717, 1.165) is 4.90 Å². The monoisotopic (exact) mass is 624 g/mol. The van der Waals surface area contributed by atoms with Gasteiger partial charge >= 0.3 is 12.0 Å². The molecule has 9 N–H and O–H groups in total. The van der Waals surface area contributed by atoms with E-state index in [1.165, 1.54) is 28.0 Å². The first-order chi connectivity index (χ1) is 21.3. The number of anilines is 1. The zero-order valence-electron chi connectivity index (χ0n) is 23.9. The highest BCUT2D eigenvalue weighted by Crippen LogP contribution is 2.43. The fraction of sp³-hybridized carbons (Fsp3) is 0.414. The number of imide groups is 1. The standard InChI is InChI=1S/C29H31F2N9O5/c30-27(31)11-5-9-16-17(8-4-10-18(16)27)23(42)35-20-13-40-25(33)34-19(22-28(40,29(20,44)45)37-24(32)36-22)12-39-21(41)14-38(26(39)43)15-6-2-1-3-7-15/h1-4,6-8,10,19-20,22,44-45H,5,9,11-14H2,(H2,33,34)(H,35,42)(H3,32,36,37)/p+1/t19-,20?,22-,28-/m0/s1. The molecule has 0 radical (unpaired) electrons. The Balaban J connectivity index is 1.17. The topological polar surface area (TPSA) is 204 Å². The van der Waals surface area contributed by atoms with Gasteiger partial charge in [-0.25, -0.2) is 23.9 Å². The van der Waals surface area contributed by atoms with Crippen LogP contribution in [-0.2, 0) is 17.1 Å². The van der Waals surface area contributed by atoms with Crippen LogP contribution in [0.25, 0.3) is 0 Å². The molecular formula is C29H32F2N9O5+. The predicted molar refractivity (Wildman–Crippen MR) is 155 cm³/mol. The number of halogens is 2. The van der Waals surface area contributed by atoms with Crippen molar-refractivity contribution in [1.82, 2.24) is 20.4 Å². The second-order valence-corrected chi connectivity index (χ2v) is 11.9. The zero-order chi connectivity index (χ0) is 31.9. The lowest BCUT2D eigenvalue weighted by Gasteiger charge is -2.46. The van der Waals surface area contributed by atoms with Crippen molar-refractivity contribution in [2.75, 3.05) is 24.5 Å². The number of aliphatic imine (C=N–C) groups is 1. The molecule has 2 fully saturated rings. The van der Waals surface area contributed by atoms with Crippen LogP contribution in [-0.4, -0.2) is 99.0 Å². The fourth-order valence-corrected chi connectivity index (χ4v) is 7.31. The molecule has 2 aromatic carbocycles. The van der Waals surface area contributed by atoms with E-state index in [-0.39, 0.29) is 67.5 Å². The van der Waals surface area contributed by atoms with E-state index in [1.807, 2.05) is 0 Å². The molecule has 2 saturated heterocycles. The molecule has 2 aromatic rings. The number of nitrogens with zero attached hydrogens (tertiary/aromatic N) is 4. The van der Waals surface area contributed by atoms with E-state index < -0.39 is 53.3 Å². The summed E-state index contributed by atoms with van der Waals surface area (Å²) >= 11 is 0. The van der Waals surface area contributed by atoms with Crippen molar-refractivity contribution < 1.29 is 38.4 Å². The van der Waals surface area contributed by atoms with Gasteiger partial charge in [0.1, 0.15) is 18.6 Å². The van der Waals surface area contributed by atoms with Crippen LogP contribution in [0.3, 0.4) is 0 Å². The SMILES string of the molecule is NC1=N[C@@H](CN2C(=O)CN(c3ccccc3)C2=O)[C@@H]2[NH+]=C(N)N[C@]23N1CC(NC(=O)c1cccc2c1CCCC2(F)F)C3(O)O. The molecule has 1 unspecified atom stereocenters. The Hall–Kier alpha value is -4.83. The Morgan fingerprint density at radius 2 is 1.89 bits per heavy atom. The number of carbonyl (C=O) groups excluding carboxylic acids is 3. The average Bonchev–Trinajstić information content (AvgIpc) is 3.58. The van der Waals surface area contributed by atoms with Crippen molar-refractivity contribution in [3.05, 3.63) is 65.2 Å². The van der Waals surface area contributed by atoms with E-state index in [9.17, 15) is 33.4 Å². The van der Waals surface area contributed by atoms with Gasteiger partial charge in [-0.15, -0.1) is 0 Å². The first kappa shape index (κ1) is 28.9. The number of aliphatic hydroxyl groups is 2. The molecule has 0 bridgehead atoms. The molecule has 1 aliphatic carbocycles. The molecule has 0 aromatic heterocycles. The Morgan fingerprint density at radius 3 is 2.64 bits per heavy atom. The molecule has 4 atom stereocenters. The molecule has 4 aliphatic heterocycles. The van der Waals surface area contributed by atoms with Gasteiger partial charge in [0.2, 0.25) is 5.79 Å². The predicted octanol–water partition coefficient (Wildman–Crippen LogP) is -2.56. The van der Waals surface area contributed by atoms with Crippen LogP contribution in [0.1, 0.15) is 34.3 Å². The molecule has 1 spiro atoms. The van der Waals surface area contributed by atoms with Crippen LogP contribution in [0.2, 0.25) is 0 Å². The number of guanidine groups is 2. The van der Waals surface area contributed by atoms with E-state index in [0.29, 0.717) is 5.69 Å². The molecule has 0 saturated carbocycles. The summed E-state index contributed by atoms with van der Waals surface area (Å²) in [6.45, 7) is -0.695. The summed E-state index contributed by atoms with van der Waals surface area (Å²) in [5.41, 5.74) is 11.1. The van der Waals surface area contributed by atoms with Crippen LogP contribution in [0.5, 0.6) is 0 Å². The second kappa shape index (κ2) is 9.84. The molecule has 4 heterocycles. The number of nitrogens with two attached hydrogens (primary N) is 2. The minimum Gasteiger partial charge on any atom is -0.370 e. The van der Waals surface area contributed by atoms with E-state index in [4.69, 9.17) is 11.5 Å². The van der Waals surface area contributed by atoms with Gasteiger partial charge in [-0.1, -0.05) is 30.3 Å². The quantitative estimate of drug-likeness (QED) is 0.138. The molecule has 45 heavy (non-hydrogen) atoms. The number of rotatable bonds is 5. The number of benzene rings is 2. The van der Waals surface area contributed by atoms with Gasteiger partial charge in [-0.3, -0.25) is 35.0 Å². The number of amides is 4. The summed E-state index contributed by atoms with van der Waals surface area (Å²) in [6.07, 6.45) is 0.146. The summed E-state index contributed by atoms with van der Waals surface area (Å²) in [6, 6.07) is 8.75. The maximum atomic E-state index is 14.6. The summed E-state index contributed by atoms with van der Waals surface area (Å²) in [5.74, 6) is -7.30. The van der Waals surface area contributed by atoms with Crippen LogP contribution in [0.15, 0.2) is 53.5 Å². The van der Waals surface area contributed by atoms with Crippen LogP contribution in [0.4, 0.5) is 19.3 Å². The zero-order valence-corrected chi connectivity index (χ0v) is 23.9. The Kier molecular flexibility index (Phi) is 6.32. The van der Waals surface area contributed by atoms with Crippen LogP contribution < -0.4 is 32.0 Å². The number of carbonyl (C=O) groups is 3. The number of alkyl halides is 2. The smallest absolute Gasteiger partial charge is 0.343 e. The normalized spacial score (nSPS) is 29.4. The van der Waals surface area contributed by atoms with Gasteiger partial charge in [-0.05, 0) is 36.6 Å². The highest BCUT2D eigenvalue weighted by molar-refractivity contribution is 6.12. The molecule has 16 heteroatoms. The van der Waals surface area contributed by atoms with Gasteiger partial charge < -0.3 is 21.3 Å². The Labute approximate surface area is 255 Å². The summed E-state index contributed by atoms with van der Waals surface area (Å²) in [7, 11) is 0. The first-order valence-corrected chi connectivity index (χ1v) is 14.6. The van der Waals surface area contributed by atoms with Crippen molar-refractivity contribution in [2.24, 2.45) is 16.5 Å². The van der Waals surface area contributed by atoms with Gasteiger partial charge in [0.25, 0.3) is 23.4 Å².